The predicted octanol–water partition coefficient (Wildman–Crippen LogP) is 4.18. The Bertz CT molecular complexity index is 486. The van der Waals surface area contributed by atoms with Gasteiger partial charge in [0.15, 0.2) is 0 Å². The van der Waals surface area contributed by atoms with Crippen LogP contribution in [0.2, 0.25) is 0 Å². The fourth-order valence-corrected chi connectivity index (χ4v) is 6.49. The molecule has 2 fully saturated rings. The van der Waals surface area contributed by atoms with Gasteiger partial charge in [-0.2, -0.15) is 0 Å². The number of carbonyl (C=O) groups excluding carboxylic acids is 1. The van der Waals surface area contributed by atoms with Crippen molar-refractivity contribution < 1.29 is 9.53 Å². The number of fused-ring (bicyclic) bond motifs is 1. The van der Waals surface area contributed by atoms with E-state index in [-0.39, 0.29) is 5.97 Å². The lowest BCUT2D eigenvalue weighted by molar-refractivity contribution is -0.137. The standard InChI is InChI=1S/C16H23NO2S3/c1-2-19-16(18)13-15-17(8-9-21-13)14(20)12(22-15)10-11-6-4-3-5-7-11/h11-12H,2-10H2,1H3. The number of ether oxygens (including phenoxy) is 1. The Morgan fingerprint density at radius 2 is 2.14 bits per heavy atom. The number of nitrogens with zero attached hydrogens (tertiary/aromatic N) is 1. The van der Waals surface area contributed by atoms with Gasteiger partial charge < -0.3 is 9.64 Å². The largest absolute Gasteiger partial charge is 0.462 e. The normalized spacial score (nSPS) is 26.3. The van der Waals surface area contributed by atoms with Crippen molar-refractivity contribution in [2.24, 2.45) is 5.92 Å². The van der Waals surface area contributed by atoms with Crippen LogP contribution >= 0.6 is 35.7 Å². The summed E-state index contributed by atoms with van der Waals surface area (Å²) in [5, 5.41) is 1.43. The van der Waals surface area contributed by atoms with Gasteiger partial charge in [-0.05, 0) is 19.3 Å². The molecule has 3 nitrogen and oxygen atoms in total. The Kier molecular flexibility index (Phi) is 5.74. The Labute approximate surface area is 146 Å². The van der Waals surface area contributed by atoms with Gasteiger partial charge >= 0.3 is 5.97 Å². The number of thioether (sulfide) groups is 2. The Morgan fingerprint density at radius 1 is 1.36 bits per heavy atom. The molecule has 122 valence electrons. The first-order chi connectivity index (χ1) is 10.7. The predicted molar refractivity (Wildman–Crippen MR) is 98.0 cm³/mol. The monoisotopic (exact) mass is 357 g/mol. The number of rotatable bonds is 4. The van der Waals surface area contributed by atoms with Crippen molar-refractivity contribution in [1.29, 1.82) is 0 Å². The Balaban J connectivity index is 1.73. The van der Waals surface area contributed by atoms with Gasteiger partial charge in [-0.3, -0.25) is 0 Å². The molecule has 2 aliphatic heterocycles. The molecule has 0 aromatic rings. The number of thiocarbonyl (C=S) groups is 1. The minimum atomic E-state index is -0.180. The van der Waals surface area contributed by atoms with Crippen molar-refractivity contribution in [2.75, 3.05) is 18.9 Å². The van der Waals surface area contributed by atoms with E-state index < -0.39 is 0 Å². The summed E-state index contributed by atoms with van der Waals surface area (Å²) in [6.45, 7) is 3.21. The summed E-state index contributed by atoms with van der Waals surface area (Å²) in [7, 11) is 0. The molecule has 3 aliphatic rings. The molecule has 0 amide bonds. The molecule has 6 heteroatoms. The van der Waals surface area contributed by atoms with Crippen molar-refractivity contribution in [3.8, 4) is 0 Å². The van der Waals surface area contributed by atoms with Crippen molar-refractivity contribution in [2.45, 2.75) is 50.7 Å². The molecule has 3 rings (SSSR count). The van der Waals surface area contributed by atoms with E-state index in [1.807, 2.05) is 6.92 Å². The van der Waals surface area contributed by atoms with Crippen LogP contribution in [-0.4, -0.2) is 40.0 Å². The fourth-order valence-electron chi connectivity index (χ4n) is 3.43. The van der Waals surface area contributed by atoms with Gasteiger partial charge in [0.05, 0.1) is 21.9 Å². The van der Waals surface area contributed by atoms with Crippen LogP contribution < -0.4 is 0 Å². The first-order valence-electron chi connectivity index (χ1n) is 8.23. The second-order valence-corrected chi connectivity index (χ2v) is 8.75. The molecule has 1 atom stereocenters. The van der Waals surface area contributed by atoms with Gasteiger partial charge in [0.1, 0.15) is 4.91 Å². The summed E-state index contributed by atoms with van der Waals surface area (Å²) in [5.74, 6) is 1.54. The lowest BCUT2D eigenvalue weighted by Gasteiger charge is -2.26. The second kappa shape index (κ2) is 7.58. The molecule has 22 heavy (non-hydrogen) atoms. The minimum Gasteiger partial charge on any atom is -0.462 e. The van der Waals surface area contributed by atoms with E-state index >= 15 is 0 Å². The van der Waals surface area contributed by atoms with Gasteiger partial charge in [-0.15, -0.1) is 11.8 Å². The van der Waals surface area contributed by atoms with Gasteiger partial charge in [0.25, 0.3) is 0 Å². The molecule has 0 bridgehead atoms. The van der Waals surface area contributed by atoms with Crippen molar-refractivity contribution in [3.63, 3.8) is 0 Å². The minimum absolute atomic E-state index is 0.180. The number of hydrogen-bond donors (Lipinski definition) is 0. The van der Waals surface area contributed by atoms with Crippen molar-refractivity contribution in [1.82, 2.24) is 4.90 Å². The molecular weight excluding hydrogens is 334 g/mol. The van der Waals surface area contributed by atoms with E-state index in [9.17, 15) is 4.79 Å². The number of carbonyl (C=O) groups is 1. The molecule has 0 aromatic carbocycles. The van der Waals surface area contributed by atoms with Gasteiger partial charge in [0.2, 0.25) is 0 Å². The van der Waals surface area contributed by atoms with Gasteiger partial charge in [0, 0.05) is 12.3 Å². The van der Waals surface area contributed by atoms with Crippen molar-refractivity contribution in [3.05, 3.63) is 9.93 Å². The molecule has 2 heterocycles. The van der Waals surface area contributed by atoms with Gasteiger partial charge in [-0.25, -0.2) is 4.79 Å². The maximum absolute atomic E-state index is 12.2. The summed E-state index contributed by atoms with van der Waals surface area (Å²) in [4.78, 5) is 16.2. The van der Waals surface area contributed by atoms with Crippen LogP contribution in [0.1, 0.15) is 45.4 Å². The zero-order chi connectivity index (χ0) is 15.5. The Hall–Kier alpha value is -0.200. The lowest BCUT2D eigenvalue weighted by atomic mass is 9.86. The molecular formula is C16H23NO2S3. The van der Waals surface area contributed by atoms with E-state index in [0.717, 1.165) is 33.1 Å². The molecule has 1 unspecified atom stereocenters. The van der Waals surface area contributed by atoms with Crippen LogP contribution in [-0.2, 0) is 9.53 Å². The molecule has 1 aliphatic carbocycles. The fraction of sp³-hybridized carbons (Fsp3) is 0.750. The third-order valence-electron chi connectivity index (χ3n) is 4.53. The average molecular weight is 358 g/mol. The van der Waals surface area contributed by atoms with E-state index in [1.165, 1.54) is 38.5 Å². The molecule has 0 radical (unpaired) electrons. The van der Waals surface area contributed by atoms with E-state index in [0.29, 0.717) is 11.9 Å². The number of hydrogen-bond acceptors (Lipinski definition) is 5. The third kappa shape index (κ3) is 3.49. The van der Waals surface area contributed by atoms with E-state index in [2.05, 4.69) is 4.90 Å². The smallest absolute Gasteiger partial charge is 0.347 e. The van der Waals surface area contributed by atoms with Crippen LogP contribution in [0.5, 0.6) is 0 Å². The molecule has 0 spiro atoms. The molecule has 0 aromatic heterocycles. The highest BCUT2D eigenvalue weighted by atomic mass is 32.2. The molecule has 0 N–H and O–H groups in total. The second-order valence-electron chi connectivity index (χ2n) is 6.04. The quantitative estimate of drug-likeness (QED) is 0.554. The van der Waals surface area contributed by atoms with Crippen LogP contribution in [0.15, 0.2) is 9.93 Å². The first kappa shape index (κ1) is 16.7. The zero-order valence-corrected chi connectivity index (χ0v) is 15.5. The van der Waals surface area contributed by atoms with Crippen LogP contribution in [0.4, 0.5) is 0 Å². The lowest BCUT2D eigenvalue weighted by Crippen LogP contribution is -2.33. The molecule has 1 saturated heterocycles. The van der Waals surface area contributed by atoms with E-state index in [4.69, 9.17) is 17.0 Å². The topological polar surface area (TPSA) is 29.5 Å². The van der Waals surface area contributed by atoms with Crippen LogP contribution in [0.3, 0.4) is 0 Å². The average Bonchev–Trinajstić information content (AvgIpc) is 2.85. The number of esters is 1. The summed E-state index contributed by atoms with van der Waals surface area (Å²) in [6, 6.07) is 0. The third-order valence-corrected chi connectivity index (χ3v) is 7.70. The first-order valence-corrected chi connectivity index (χ1v) is 10.5. The highest BCUT2D eigenvalue weighted by Crippen LogP contribution is 2.46. The molecule has 1 saturated carbocycles. The van der Waals surface area contributed by atoms with Crippen LogP contribution in [0.25, 0.3) is 0 Å². The van der Waals surface area contributed by atoms with Crippen molar-refractivity contribution >= 4 is 46.7 Å². The summed E-state index contributed by atoms with van der Waals surface area (Å²) < 4.78 is 5.21. The van der Waals surface area contributed by atoms with Gasteiger partial charge in [-0.1, -0.05) is 56.1 Å². The summed E-state index contributed by atoms with van der Waals surface area (Å²) in [6.07, 6.45) is 7.98. The Morgan fingerprint density at radius 3 is 2.86 bits per heavy atom. The maximum atomic E-state index is 12.2. The highest BCUT2D eigenvalue weighted by molar-refractivity contribution is 8.09. The summed E-state index contributed by atoms with van der Waals surface area (Å²) in [5.41, 5.74) is 0. The van der Waals surface area contributed by atoms with E-state index in [1.54, 1.807) is 23.5 Å². The maximum Gasteiger partial charge on any atom is 0.347 e. The highest BCUT2D eigenvalue weighted by Gasteiger charge is 2.40. The summed E-state index contributed by atoms with van der Waals surface area (Å²) >= 11 is 9.14. The van der Waals surface area contributed by atoms with Crippen LogP contribution in [0, 0.1) is 5.92 Å². The SMILES string of the molecule is CCOC(=O)C1=C2SC(CC3CCCCC3)C(=S)N2CCS1. The zero-order valence-electron chi connectivity index (χ0n) is 13.0.